The van der Waals surface area contributed by atoms with Gasteiger partial charge in [-0.2, -0.15) is 5.10 Å². The van der Waals surface area contributed by atoms with Crippen molar-refractivity contribution in [2.24, 2.45) is 0 Å². The Morgan fingerprint density at radius 1 is 1.14 bits per heavy atom. The molecule has 1 aliphatic heterocycles. The van der Waals surface area contributed by atoms with E-state index in [4.69, 9.17) is 4.98 Å². The van der Waals surface area contributed by atoms with Crippen molar-refractivity contribution in [3.8, 4) is 11.4 Å². The number of likely N-dealkylation sites (tertiary alicyclic amines) is 1. The van der Waals surface area contributed by atoms with Gasteiger partial charge in [-0.1, -0.05) is 30.3 Å². The second-order valence-electron chi connectivity index (χ2n) is 7.84. The molecule has 6 nitrogen and oxygen atoms in total. The molecule has 28 heavy (non-hydrogen) atoms. The summed E-state index contributed by atoms with van der Waals surface area (Å²) >= 11 is 0. The average molecular weight is 373 g/mol. The predicted octanol–water partition coefficient (Wildman–Crippen LogP) is 2.85. The van der Waals surface area contributed by atoms with Crippen molar-refractivity contribution in [2.75, 3.05) is 13.1 Å². The fraction of sp³-hybridized carbons (Fsp3) is 0.364. The highest BCUT2D eigenvalue weighted by atomic mass is 16.2. The number of hydrogen-bond donors (Lipinski definition) is 0. The third kappa shape index (κ3) is 2.99. The van der Waals surface area contributed by atoms with Crippen LogP contribution < -0.4 is 0 Å². The van der Waals surface area contributed by atoms with Gasteiger partial charge < -0.3 is 4.90 Å². The number of carbonyl (C=O) groups is 1. The maximum Gasteiger partial charge on any atom is 0.244 e. The van der Waals surface area contributed by atoms with Crippen molar-refractivity contribution in [3.63, 3.8) is 0 Å². The highest BCUT2D eigenvalue weighted by molar-refractivity contribution is 5.76. The zero-order valence-corrected chi connectivity index (χ0v) is 15.8. The standard InChI is InChI=1S/C22H23N5O/c28-19(15-27-13-5-11-24-27)26-12-4-9-22(16-26)10-8-18-14-23-21(25-20(18)22)17-6-2-1-3-7-17/h1-3,5-7,11,13-14H,4,8-10,12,15-16H2. The molecule has 0 saturated carbocycles. The van der Waals surface area contributed by atoms with Gasteiger partial charge in [-0.25, -0.2) is 9.97 Å². The number of fused-ring (bicyclic) bond motifs is 2. The van der Waals surface area contributed by atoms with E-state index >= 15 is 0 Å². The van der Waals surface area contributed by atoms with Crippen LogP contribution in [0.5, 0.6) is 0 Å². The molecule has 1 spiro atoms. The third-order valence-electron chi connectivity index (χ3n) is 6.06. The highest BCUT2D eigenvalue weighted by Crippen LogP contribution is 2.44. The van der Waals surface area contributed by atoms with Gasteiger partial charge in [0.25, 0.3) is 0 Å². The Labute approximate surface area is 164 Å². The number of amides is 1. The lowest BCUT2D eigenvalue weighted by atomic mass is 9.77. The number of benzene rings is 1. The first-order valence-electron chi connectivity index (χ1n) is 9.91. The van der Waals surface area contributed by atoms with E-state index in [1.807, 2.05) is 53.7 Å². The van der Waals surface area contributed by atoms with Gasteiger partial charge in [0, 0.05) is 42.7 Å². The fourth-order valence-electron chi connectivity index (χ4n) is 4.64. The average Bonchev–Trinajstić information content (AvgIpc) is 3.37. The largest absolute Gasteiger partial charge is 0.340 e. The maximum absolute atomic E-state index is 12.8. The number of carbonyl (C=O) groups excluding carboxylic acids is 1. The topological polar surface area (TPSA) is 63.9 Å². The first kappa shape index (κ1) is 17.1. The Kier molecular flexibility index (Phi) is 4.19. The van der Waals surface area contributed by atoms with E-state index in [0.717, 1.165) is 55.9 Å². The van der Waals surface area contributed by atoms with Crippen LogP contribution in [0, 0.1) is 0 Å². The van der Waals surface area contributed by atoms with E-state index in [1.165, 1.54) is 5.56 Å². The number of aryl methyl sites for hydroxylation is 1. The summed E-state index contributed by atoms with van der Waals surface area (Å²) in [7, 11) is 0. The minimum Gasteiger partial charge on any atom is -0.340 e. The van der Waals surface area contributed by atoms with Crippen LogP contribution in [0.25, 0.3) is 11.4 Å². The number of aromatic nitrogens is 4. The number of piperidine rings is 1. The predicted molar refractivity (Wildman–Crippen MR) is 106 cm³/mol. The SMILES string of the molecule is O=C(Cn1cccn1)N1CCCC2(CCc3cnc(-c4ccccc4)nc32)C1. The Bertz CT molecular complexity index is 981. The van der Waals surface area contributed by atoms with Crippen molar-refractivity contribution in [2.45, 2.75) is 37.6 Å². The molecule has 142 valence electrons. The van der Waals surface area contributed by atoms with E-state index in [1.54, 1.807) is 10.9 Å². The number of nitrogens with zero attached hydrogens (tertiary/aromatic N) is 5. The molecule has 1 fully saturated rings. The van der Waals surface area contributed by atoms with E-state index < -0.39 is 0 Å². The molecule has 3 aromatic rings. The molecule has 0 N–H and O–H groups in total. The summed E-state index contributed by atoms with van der Waals surface area (Å²) < 4.78 is 1.70. The third-order valence-corrected chi connectivity index (χ3v) is 6.06. The number of hydrogen-bond acceptors (Lipinski definition) is 4. The maximum atomic E-state index is 12.8. The van der Waals surface area contributed by atoms with Crippen molar-refractivity contribution in [3.05, 3.63) is 66.2 Å². The minimum atomic E-state index is -0.0418. The molecule has 0 bridgehead atoms. The van der Waals surface area contributed by atoms with Gasteiger partial charge in [0.15, 0.2) is 5.82 Å². The van der Waals surface area contributed by atoms with E-state index in [0.29, 0.717) is 6.54 Å². The normalized spacial score (nSPS) is 21.1. The molecule has 1 saturated heterocycles. The highest BCUT2D eigenvalue weighted by Gasteiger charge is 2.44. The van der Waals surface area contributed by atoms with Gasteiger partial charge in [-0.05, 0) is 37.3 Å². The first-order chi connectivity index (χ1) is 13.7. The zero-order chi connectivity index (χ0) is 19.0. The van der Waals surface area contributed by atoms with Crippen LogP contribution in [0.1, 0.15) is 30.5 Å². The molecule has 1 unspecified atom stereocenters. The summed E-state index contributed by atoms with van der Waals surface area (Å²) in [6.07, 6.45) is 9.66. The Balaban J connectivity index is 1.43. The summed E-state index contributed by atoms with van der Waals surface area (Å²) in [6.45, 7) is 1.86. The van der Waals surface area contributed by atoms with Crippen LogP contribution >= 0.6 is 0 Å². The van der Waals surface area contributed by atoms with Gasteiger partial charge in [-0.15, -0.1) is 0 Å². The summed E-state index contributed by atoms with van der Waals surface area (Å²) in [5, 5.41) is 4.17. The van der Waals surface area contributed by atoms with Gasteiger partial charge in [0.2, 0.25) is 5.91 Å². The van der Waals surface area contributed by atoms with Crippen LogP contribution in [-0.2, 0) is 23.2 Å². The molecule has 3 heterocycles. The van der Waals surface area contributed by atoms with Crippen LogP contribution in [0.2, 0.25) is 0 Å². The van der Waals surface area contributed by atoms with Gasteiger partial charge >= 0.3 is 0 Å². The zero-order valence-electron chi connectivity index (χ0n) is 15.8. The molecule has 2 aliphatic rings. The molecular weight excluding hydrogens is 350 g/mol. The van der Waals surface area contributed by atoms with Gasteiger partial charge in [0.1, 0.15) is 6.54 Å². The summed E-state index contributed by atoms with van der Waals surface area (Å²) in [6, 6.07) is 12.0. The van der Waals surface area contributed by atoms with Crippen molar-refractivity contribution < 1.29 is 4.79 Å². The first-order valence-corrected chi connectivity index (χ1v) is 9.91. The molecule has 5 rings (SSSR count). The van der Waals surface area contributed by atoms with Gasteiger partial charge in [0.05, 0.1) is 5.69 Å². The second-order valence-corrected chi connectivity index (χ2v) is 7.84. The molecule has 6 heteroatoms. The van der Waals surface area contributed by atoms with Crippen molar-refractivity contribution >= 4 is 5.91 Å². The van der Waals surface area contributed by atoms with Crippen LogP contribution in [0.3, 0.4) is 0 Å². The lowest BCUT2D eigenvalue weighted by molar-refractivity contribution is -0.134. The second kappa shape index (κ2) is 6.86. The summed E-state index contributed by atoms with van der Waals surface area (Å²) in [5.74, 6) is 0.911. The molecular formula is C22H23N5O. The summed E-state index contributed by atoms with van der Waals surface area (Å²) in [5.41, 5.74) is 3.38. The minimum absolute atomic E-state index is 0.0418. The van der Waals surface area contributed by atoms with Crippen LogP contribution in [0.15, 0.2) is 55.0 Å². The van der Waals surface area contributed by atoms with E-state index in [-0.39, 0.29) is 11.3 Å². The molecule has 2 aromatic heterocycles. The lowest BCUT2D eigenvalue weighted by Gasteiger charge is -2.40. The van der Waals surface area contributed by atoms with Crippen LogP contribution in [0.4, 0.5) is 0 Å². The van der Waals surface area contributed by atoms with Crippen molar-refractivity contribution in [1.29, 1.82) is 0 Å². The molecule has 0 radical (unpaired) electrons. The monoisotopic (exact) mass is 373 g/mol. The molecule has 1 aromatic carbocycles. The quantitative estimate of drug-likeness (QED) is 0.708. The van der Waals surface area contributed by atoms with E-state index in [9.17, 15) is 4.79 Å². The smallest absolute Gasteiger partial charge is 0.244 e. The van der Waals surface area contributed by atoms with E-state index in [2.05, 4.69) is 10.1 Å². The Morgan fingerprint density at radius 2 is 2.04 bits per heavy atom. The Morgan fingerprint density at radius 3 is 2.86 bits per heavy atom. The van der Waals surface area contributed by atoms with Crippen molar-refractivity contribution in [1.82, 2.24) is 24.6 Å². The van der Waals surface area contributed by atoms with Crippen LogP contribution in [-0.4, -0.2) is 43.6 Å². The lowest BCUT2D eigenvalue weighted by Crippen LogP contribution is -2.48. The molecule has 1 atom stereocenters. The molecule has 1 aliphatic carbocycles. The Hall–Kier alpha value is -3.02. The summed E-state index contributed by atoms with van der Waals surface area (Å²) in [4.78, 5) is 24.4. The molecule has 1 amide bonds. The number of rotatable bonds is 3. The fourth-order valence-corrected chi connectivity index (χ4v) is 4.64. The van der Waals surface area contributed by atoms with Gasteiger partial charge in [-0.3, -0.25) is 9.48 Å².